The summed E-state index contributed by atoms with van der Waals surface area (Å²) in [5.74, 6) is 0.0184. The van der Waals surface area contributed by atoms with Crippen molar-refractivity contribution in [3.63, 3.8) is 0 Å². The largest absolute Gasteiger partial charge is 0.496 e. The highest BCUT2D eigenvalue weighted by atomic mass is 19.1. The molecule has 0 aliphatic carbocycles. The number of hydrogen-bond donors (Lipinski definition) is 1. The molecule has 5 rings (SSSR count). The molecule has 1 N–H and O–H groups in total. The molecule has 2 amide bonds. The lowest BCUT2D eigenvalue weighted by atomic mass is 10.1. The maximum absolute atomic E-state index is 13.2. The first-order valence-corrected chi connectivity index (χ1v) is 12.1. The maximum Gasteiger partial charge on any atom is 0.259 e. The van der Waals surface area contributed by atoms with Gasteiger partial charge in [-0.1, -0.05) is 24.3 Å². The van der Waals surface area contributed by atoms with Crippen LogP contribution in [0.1, 0.15) is 10.4 Å². The van der Waals surface area contributed by atoms with E-state index in [1.165, 1.54) is 24.0 Å². The number of amides is 2. The van der Waals surface area contributed by atoms with Crippen molar-refractivity contribution in [3.05, 3.63) is 84.2 Å². The molecule has 0 bridgehead atoms. The van der Waals surface area contributed by atoms with Gasteiger partial charge in [0.15, 0.2) is 0 Å². The van der Waals surface area contributed by atoms with Gasteiger partial charge in [0, 0.05) is 37.4 Å². The van der Waals surface area contributed by atoms with Crippen molar-refractivity contribution in [2.45, 2.75) is 6.54 Å². The monoisotopic (exact) mass is 515 g/mol. The first-order chi connectivity index (χ1) is 18.5. The first-order valence-electron chi connectivity index (χ1n) is 12.1. The van der Waals surface area contributed by atoms with E-state index in [4.69, 9.17) is 4.74 Å². The van der Waals surface area contributed by atoms with E-state index in [1.54, 1.807) is 65.6 Å². The van der Waals surface area contributed by atoms with Crippen molar-refractivity contribution in [3.8, 4) is 17.1 Å². The summed E-state index contributed by atoms with van der Waals surface area (Å²) in [6, 6.07) is 20.4. The zero-order valence-corrected chi connectivity index (χ0v) is 20.7. The van der Waals surface area contributed by atoms with Crippen molar-refractivity contribution < 1.29 is 18.7 Å². The summed E-state index contributed by atoms with van der Waals surface area (Å²) in [4.78, 5) is 30.9. The summed E-state index contributed by atoms with van der Waals surface area (Å²) in [6.07, 6.45) is 0. The van der Waals surface area contributed by atoms with Crippen LogP contribution in [0.15, 0.2) is 72.8 Å². The number of ether oxygens (including phenoxy) is 1. The van der Waals surface area contributed by atoms with Gasteiger partial charge in [-0.2, -0.15) is 4.80 Å². The topological polar surface area (TPSA) is 105 Å². The van der Waals surface area contributed by atoms with E-state index >= 15 is 0 Å². The lowest BCUT2D eigenvalue weighted by Crippen LogP contribution is -2.49. The minimum atomic E-state index is -0.336. The molecule has 0 saturated carbocycles. The number of rotatable bonds is 7. The molecular formula is C27H26FN7O3. The summed E-state index contributed by atoms with van der Waals surface area (Å²) in [5, 5.41) is 15.4. The van der Waals surface area contributed by atoms with E-state index in [-0.39, 0.29) is 30.0 Å². The summed E-state index contributed by atoms with van der Waals surface area (Å²) in [7, 11) is 1.51. The second-order valence-electron chi connectivity index (χ2n) is 8.69. The maximum atomic E-state index is 13.2. The molecule has 10 nitrogen and oxygen atoms in total. The Morgan fingerprint density at radius 1 is 0.947 bits per heavy atom. The van der Waals surface area contributed by atoms with Crippen molar-refractivity contribution >= 4 is 23.2 Å². The zero-order valence-electron chi connectivity index (χ0n) is 20.7. The normalized spacial score (nSPS) is 13.3. The Morgan fingerprint density at radius 3 is 2.42 bits per heavy atom. The van der Waals surface area contributed by atoms with Gasteiger partial charge in [-0.05, 0) is 53.7 Å². The Kier molecular flexibility index (Phi) is 7.25. The number of benzene rings is 3. The third-order valence-corrected chi connectivity index (χ3v) is 6.32. The minimum Gasteiger partial charge on any atom is -0.496 e. The van der Waals surface area contributed by atoms with E-state index in [9.17, 15) is 14.0 Å². The highest BCUT2D eigenvalue weighted by molar-refractivity contribution is 6.07. The Bertz CT molecular complexity index is 1430. The highest BCUT2D eigenvalue weighted by Crippen LogP contribution is 2.26. The van der Waals surface area contributed by atoms with Gasteiger partial charge < -0.3 is 19.9 Å². The SMILES string of the molecule is COc1ccccc1C(=O)Nc1ccccc1-c1nnn(CC(=O)N2CCN(c3ccc(F)cc3)CC2)n1. The molecule has 0 atom stereocenters. The van der Waals surface area contributed by atoms with Crippen LogP contribution in [0.5, 0.6) is 5.75 Å². The number of tetrazole rings is 1. The molecule has 0 radical (unpaired) electrons. The highest BCUT2D eigenvalue weighted by Gasteiger charge is 2.23. The third-order valence-electron chi connectivity index (χ3n) is 6.32. The molecule has 1 aliphatic heterocycles. The second-order valence-corrected chi connectivity index (χ2v) is 8.69. The molecule has 4 aromatic rings. The number of anilines is 2. The average Bonchev–Trinajstić information content (AvgIpc) is 3.42. The number of methoxy groups -OCH3 is 1. The number of para-hydroxylation sites is 2. The van der Waals surface area contributed by atoms with Gasteiger partial charge in [0.1, 0.15) is 18.1 Å². The fraction of sp³-hybridized carbons (Fsp3) is 0.222. The van der Waals surface area contributed by atoms with Crippen LogP contribution in [0, 0.1) is 5.82 Å². The summed E-state index contributed by atoms with van der Waals surface area (Å²) in [5.41, 5.74) is 2.40. The standard InChI is InChI=1S/C27H26FN7O3/c1-38-24-9-5-3-7-22(24)27(37)29-23-8-4-2-6-21(23)26-30-32-35(31-26)18-25(36)34-16-14-33(15-17-34)20-12-10-19(28)11-13-20/h2-13H,14-18H2,1H3,(H,29,37). The van der Waals surface area contributed by atoms with Crippen LogP contribution in [0.25, 0.3) is 11.4 Å². The van der Waals surface area contributed by atoms with Gasteiger partial charge >= 0.3 is 0 Å². The molecule has 0 spiro atoms. The molecule has 3 aromatic carbocycles. The van der Waals surface area contributed by atoms with Crippen LogP contribution in [-0.4, -0.2) is 70.2 Å². The lowest BCUT2D eigenvalue weighted by Gasteiger charge is -2.36. The molecule has 194 valence electrons. The van der Waals surface area contributed by atoms with E-state index in [0.29, 0.717) is 48.7 Å². The zero-order chi connectivity index (χ0) is 26.5. The van der Waals surface area contributed by atoms with E-state index in [0.717, 1.165) is 5.69 Å². The van der Waals surface area contributed by atoms with Crippen LogP contribution in [0.3, 0.4) is 0 Å². The second kappa shape index (κ2) is 11.1. The molecule has 0 unspecified atom stereocenters. The summed E-state index contributed by atoms with van der Waals surface area (Å²) < 4.78 is 18.5. The molecule has 1 saturated heterocycles. The van der Waals surface area contributed by atoms with Crippen molar-refractivity contribution in [2.24, 2.45) is 0 Å². The molecule has 2 heterocycles. The van der Waals surface area contributed by atoms with Crippen molar-refractivity contribution in [1.82, 2.24) is 25.1 Å². The summed E-state index contributed by atoms with van der Waals surface area (Å²) >= 11 is 0. The molecule has 1 fully saturated rings. The van der Waals surface area contributed by atoms with E-state index in [2.05, 4.69) is 25.6 Å². The average molecular weight is 516 g/mol. The molecule has 11 heteroatoms. The van der Waals surface area contributed by atoms with E-state index < -0.39 is 0 Å². The number of halogens is 1. The minimum absolute atomic E-state index is 0.0563. The Hall–Kier alpha value is -4.80. The Morgan fingerprint density at radius 2 is 1.66 bits per heavy atom. The predicted molar refractivity (Wildman–Crippen MR) is 139 cm³/mol. The predicted octanol–water partition coefficient (Wildman–Crippen LogP) is 3.09. The lowest BCUT2D eigenvalue weighted by molar-refractivity contribution is -0.132. The first kappa shape index (κ1) is 24.9. The van der Waals surface area contributed by atoms with Crippen LogP contribution in [0.4, 0.5) is 15.8 Å². The number of hydrogen-bond acceptors (Lipinski definition) is 7. The fourth-order valence-electron chi connectivity index (χ4n) is 4.31. The van der Waals surface area contributed by atoms with Gasteiger partial charge in [-0.15, -0.1) is 10.2 Å². The number of carbonyl (C=O) groups excluding carboxylic acids is 2. The van der Waals surface area contributed by atoms with Gasteiger partial charge in [-0.3, -0.25) is 9.59 Å². The Labute approximate surface area is 218 Å². The fourth-order valence-corrected chi connectivity index (χ4v) is 4.31. The Balaban J connectivity index is 1.23. The number of piperazine rings is 1. The third kappa shape index (κ3) is 5.46. The number of aromatic nitrogens is 4. The molecule has 1 aliphatic rings. The van der Waals surface area contributed by atoms with Gasteiger partial charge in [0.25, 0.3) is 5.91 Å². The van der Waals surface area contributed by atoms with Crippen LogP contribution < -0.4 is 15.0 Å². The van der Waals surface area contributed by atoms with Crippen LogP contribution in [0.2, 0.25) is 0 Å². The van der Waals surface area contributed by atoms with E-state index in [1.807, 2.05) is 0 Å². The van der Waals surface area contributed by atoms with Crippen molar-refractivity contribution in [1.29, 1.82) is 0 Å². The number of carbonyl (C=O) groups is 2. The van der Waals surface area contributed by atoms with Crippen LogP contribution >= 0.6 is 0 Å². The number of nitrogens with zero attached hydrogens (tertiary/aromatic N) is 6. The van der Waals surface area contributed by atoms with Gasteiger partial charge in [0.2, 0.25) is 11.7 Å². The quantitative estimate of drug-likeness (QED) is 0.403. The smallest absolute Gasteiger partial charge is 0.259 e. The summed E-state index contributed by atoms with van der Waals surface area (Å²) in [6.45, 7) is 2.31. The van der Waals surface area contributed by atoms with Crippen LogP contribution in [-0.2, 0) is 11.3 Å². The van der Waals surface area contributed by atoms with Gasteiger partial charge in [0.05, 0.1) is 18.4 Å². The molecule has 38 heavy (non-hydrogen) atoms. The molecule has 1 aromatic heterocycles. The molecular weight excluding hydrogens is 489 g/mol. The van der Waals surface area contributed by atoms with Gasteiger partial charge in [-0.25, -0.2) is 4.39 Å². The van der Waals surface area contributed by atoms with Crippen molar-refractivity contribution in [2.75, 3.05) is 43.5 Å². The number of nitrogens with one attached hydrogen (secondary N) is 1.